The number of hydrogen-bond donors (Lipinski definition) is 2. The molecule has 2 unspecified atom stereocenters. The van der Waals surface area contributed by atoms with Gasteiger partial charge in [0.05, 0.1) is 11.6 Å². The molecule has 0 aromatic heterocycles. The molecule has 0 bridgehead atoms. The van der Waals surface area contributed by atoms with Crippen LogP contribution >= 0.6 is 0 Å². The van der Waals surface area contributed by atoms with Crippen LogP contribution in [0.4, 0.5) is 0 Å². The van der Waals surface area contributed by atoms with Crippen molar-refractivity contribution in [2.45, 2.75) is 31.9 Å². The second kappa shape index (κ2) is 6.10. The lowest BCUT2D eigenvalue weighted by molar-refractivity contribution is -0.131. The maximum atomic E-state index is 12.3. The standard InChI is InChI=1S/C16H19NO4/c1-11-16(2,9-10-21-11)17-15(20)13-6-3-12(4-7-13)5-8-14(18)19/h3-8,11H,9-10H2,1-2H3,(H,17,20)(H,18,19)/b8-5+. The molecule has 5 nitrogen and oxygen atoms in total. The number of benzene rings is 1. The third-order valence-corrected chi connectivity index (χ3v) is 3.88. The topological polar surface area (TPSA) is 75.6 Å². The normalized spacial score (nSPS) is 25.1. The Balaban J connectivity index is 2.05. The zero-order chi connectivity index (χ0) is 15.5. The van der Waals surface area contributed by atoms with Crippen molar-refractivity contribution in [2.24, 2.45) is 0 Å². The minimum atomic E-state index is -1.00. The van der Waals surface area contributed by atoms with E-state index in [1.54, 1.807) is 24.3 Å². The molecule has 2 N–H and O–H groups in total. The molecular formula is C16H19NO4. The summed E-state index contributed by atoms with van der Waals surface area (Å²) in [4.78, 5) is 22.7. The summed E-state index contributed by atoms with van der Waals surface area (Å²) in [6.45, 7) is 4.58. The Hall–Kier alpha value is -2.14. The number of carboxylic acids is 1. The van der Waals surface area contributed by atoms with Crippen LogP contribution in [0.2, 0.25) is 0 Å². The lowest BCUT2D eigenvalue weighted by Gasteiger charge is -2.28. The van der Waals surface area contributed by atoms with Gasteiger partial charge in [0.1, 0.15) is 0 Å². The molecule has 1 aromatic rings. The fourth-order valence-corrected chi connectivity index (χ4v) is 2.24. The van der Waals surface area contributed by atoms with E-state index >= 15 is 0 Å². The van der Waals surface area contributed by atoms with Gasteiger partial charge in [0.15, 0.2) is 0 Å². The molecule has 1 fully saturated rings. The molecule has 1 saturated heterocycles. The molecule has 0 radical (unpaired) electrons. The van der Waals surface area contributed by atoms with Gasteiger partial charge < -0.3 is 15.2 Å². The Morgan fingerprint density at radius 2 is 2.05 bits per heavy atom. The van der Waals surface area contributed by atoms with Gasteiger partial charge in [-0.3, -0.25) is 4.79 Å². The molecule has 1 heterocycles. The maximum absolute atomic E-state index is 12.3. The van der Waals surface area contributed by atoms with E-state index in [0.717, 1.165) is 18.1 Å². The molecule has 1 amide bonds. The van der Waals surface area contributed by atoms with Crippen molar-refractivity contribution in [3.05, 3.63) is 41.5 Å². The summed E-state index contributed by atoms with van der Waals surface area (Å²) < 4.78 is 5.50. The monoisotopic (exact) mass is 289 g/mol. The van der Waals surface area contributed by atoms with Crippen molar-refractivity contribution in [1.29, 1.82) is 0 Å². The van der Waals surface area contributed by atoms with Crippen molar-refractivity contribution in [3.63, 3.8) is 0 Å². The Kier molecular flexibility index (Phi) is 4.43. The summed E-state index contributed by atoms with van der Waals surface area (Å²) >= 11 is 0. The first-order chi connectivity index (χ1) is 9.90. The van der Waals surface area contributed by atoms with Gasteiger partial charge in [-0.2, -0.15) is 0 Å². The molecular weight excluding hydrogens is 270 g/mol. The number of amides is 1. The van der Waals surface area contributed by atoms with Crippen LogP contribution in [0.3, 0.4) is 0 Å². The van der Waals surface area contributed by atoms with Crippen LogP contribution in [0.1, 0.15) is 36.2 Å². The minimum absolute atomic E-state index is 0.0146. The average Bonchev–Trinajstić information content (AvgIpc) is 2.76. The summed E-state index contributed by atoms with van der Waals surface area (Å²) in [5, 5.41) is 11.6. The highest BCUT2D eigenvalue weighted by Gasteiger charge is 2.38. The summed E-state index contributed by atoms with van der Waals surface area (Å²) in [6, 6.07) is 6.79. The fourth-order valence-electron chi connectivity index (χ4n) is 2.24. The van der Waals surface area contributed by atoms with Crippen molar-refractivity contribution in [2.75, 3.05) is 6.61 Å². The van der Waals surface area contributed by atoms with Crippen LogP contribution in [0.5, 0.6) is 0 Å². The molecule has 21 heavy (non-hydrogen) atoms. The molecule has 1 aliphatic rings. The predicted molar refractivity (Wildman–Crippen MR) is 79.0 cm³/mol. The zero-order valence-corrected chi connectivity index (χ0v) is 12.1. The van der Waals surface area contributed by atoms with Crippen molar-refractivity contribution < 1.29 is 19.4 Å². The van der Waals surface area contributed by atoms with Gasteiger partial charge >= 0.3 is 5.97 Å². The van der Waals surface area contributed by atoms with E-state index in [-0.39, 0.29) is 17.6 Å². The first-order valence-corrected chi connectivity index (χ1v) is 6.86. The number of carbonyl (C=O) groups is 2. The van der Waals surface area contributed by atoms with Gasteiger partial charge in [-0.05, 0) is 44.0 Å². The van der Waals surface area contributed by atoms with Crippen molar-refractivity contribution >= 4 is 18.0 Å². The quantitative estimate of drug-likeness (QED) is 0.832. The third-order valence-electron chi connectivity index (χ3n) is 3.88. The molecule has 0 spiro atoms. The van der Waals surface area contributed by atoms with E-state index in [4.69, 9.17) is 9.84 Å². The molecule has 112 valence electrons. The second-order valence-electron chi connectivity index (χ2n) is 5.43. The van der Waals surface area contributed by atoms with E-state index in [2.05, 4.69) is 5.32 Å². The number of carboxylic acid groups (broad SMARTS) is 1. The molecule has 5 heteroatoms. The van der Waals surface area contributed by atoms with Crippen LogP contribution in [0.25, 0.3) is 6.08 Å². The summed E-state index contributed by atoms with van der Waals surface area (Å²) in [6.07, 6.45) is 3.32. The van der Waals surface area contributed by atoms with Crippen LogP contribution < -0.4 is 5.32 Å². The first-order valence-electron chi connectivity index (χ1n) is 6.86. The summed E-state index contributed by atoms with van der Waals surface area (Å²) in [7, 11) is 0. The van der Waals surface area contributed by atoms with E-state index in [0.29, 0.717) is 12.2 Å². The number of nitrogens with one attached hydrogen (secondary N) is 1. The highest BCUT2D eigenvalue weighted by atomic mass is 16.5. The minimum Gasteiger partial charge on any atom is -0.478 e. The highest BCUT2D eigenvalue weighted by Crippen LogP contribution is 2.25. The molecule has 0 aliphatic carbocycles. The van der Waals surface area contributed by atoms with E-state index in [1.807, 2.05) is 13.8 Å². The van der Waals surface area contributed by atoms with Crippen molar-refractivity contribution in [1.82, 2.24) is 5.32 Å². The Morgan fingerprint density at radius 1 is 1.38 bits per heavy atom. The van der Waals surface area contributed by atoms with Crippen molar-refractivity contribution in [3.8, 4) is 0 Å². The SMILES string of the molecule is CC1OCCC1(C)NC(=O)c1ccc(/C=C/C(=O)O)cc1. The van der Waals surface area contributed by atoms with Crippen LogP contribution in [0, 0.1) is 0 Å². The number of aliphatic carboxylic acids is 1. The Bertz CT molecular complexity index is 564. The van der Waals surface area contributed by atoms with Gasteiger partial charge in [-0.25, -0.2) is 4.79 Å². The molecule has 2 rings (SSSR count). The van der Waals surface area contributed by atoms with Gasteiger partial charge in [0.25, 0.3) is 5.91 Å². The second-order valence-corrected chi connectivity index (χ2v) is 5.43. The van der Waals surface area contributed by atoms with Crippen LogP contribution in [-0.2, 0) is 9.53 Å². The predicted octanol–water partition coefficient (Wildman–Crippen LogP) is 2.08. The summed E-state index contributed by atoms with van der Waals surface area (Å²) in [5.74, 6) is -1.15. The average molecular weight is 289 g/mol. The number of ether oxygens (including phenoxy) is 1. The molecule has 1 aromatic carbocycles. The third kappa shape index (κ3) is 3.70. The Labute approximate surface area is 123 Å². The van der Waals surface area contributed by atoms with Gasteiger partial charge in [-0.1, -0.05) is 12.1 Å². The number of hydrogen-bond acceptors (Lipinski definition) is 3. The molecule has 2 atom stereocenters. The zero-order valence-electron chi connectivity index (χ0n) is 12.1. The maximum Gasteiger partial charge on any atom is 0.328 e. The van der Waals surface area contributed by atoms with E-state index in [9.17, 15) is 9.59 Å². The van der Waals surface area contributed by atoms with E-state index in [1.165, 1.54) is 6.08 Å². The lowest BCUT2D eigenvalue weighted by Crippen LogP contribution is -2.50. The Morgan fingerprint density at radius 3 is 2.57 bits per heavy atom. The highest BCUT2D eigenvalue weighted by molar-refractivity contribution is 5.95. The van der Waals surface area contributed by atoms with E-state index < -0.39 is 5.97 Å². The van der Waals surface area contributed by atoms with Gasteiger partial charge in [-0.15, -0.1) is 0 Å². The van der Waals surface area contributed by atoms with Crippen LogP contribution in [-0.4, -0.2) is 35.2 Å². The van der Waals surface area contributed by atoms with Gasteiger partial charge in [0.2, 0.25) is 0 Å². The number of carbonyl (C=O) groups excluding carboxylic acids is 1. The largest absolute Gasteiger partial charge is 0.478 e. The fraction of sp³-hybridized carbons (Fsp3) is 0.375. The summed E-state index contributed by atoms with van der Waals surface area (Å²) in [5.41, 5.74) is 0.930. The molecule has 0 saturated carbocycles. The first kappa shape index (κ1) is 15.3. The molecule has 1 aliphatic heterocycles. The van der Waals surface area contributed by atoms with Gasteiger partial charge in [0, 0.05) is 18.2 Å². The van der Waals surface area contributed by atoms with Crippen LogP contribution in [0.15, 0.2) is 30.3 Å². The smallest absolute Gasteiger partial charge is 0.328 e. The lowest BCUT2D eigenvalue weighted by atomic mass is 9.94. The number of rotatable bonds is 4.